The van der Waals surface area contributed by atoms with Gasteiger partial charge in [-0.15, -0.1) is 11.6 Å². The van der Waals surface area contributed by atoms with Crippen molar-refractivity contribution < 1.29 is 13.6 Å². The fraction of sp³-hybridized carbons (Fsp3) is 0.417. The van der Waals surface area contributed by atoms with Crippen molar-refractivity contribution in [3.63, 3.8) is 0 Å². The molecule has 18 heavy (non-hydrogen) atoms. The molecule has 1 amide bonds. The molecular weight excluding hydrogens is 283 g/mol. The quantitative estimate of drug-likeness (QED) is 0.760. The Morgan fingerprint density at radius 3 is 2.67 bits per heavy atom. The SMILES string of the molecule is Cc1ccc(Cl)cc1C(=O)N(CCCl)CC(F)F. The molecule has 1 aromatic rings. The summed E-state index contributed by atoms with van der Waals surface area (Å²) in [6.45, 7) is 1.18. The molecule has 100 valence electrons. The number of alkyl halides is 3. The molecule has 0 aliphatic carbocycles. The van der Waals surface area contributed by atoms with E-state index in [2.05, 4.69) is 0 Å². The van der Waals surface area contributed by atoms with Crippen LogP contribution in [0.1, 0.15) is 15.9 Å². The summed E-state index contributed by atoms with van der Waals surface area (Å²) in [4.78, 5) is 13.2. The molecule has 1 rings (SSSR count). The zero-order valence-electron chi connectivity index (χ0n) is 9.80. The van der Waals surface area contributed by atoms with Crippen molar-refractivity contribution in [2.24, 2.45) is 0 Å². The fourth-order valence-electron chi connectivity index (χ4n) is 1.54. The summed E-state index contributed by atoms with van der Waals surface area (Å²) in [5, 5.41) is 0.395. The lowest BCUT2D eigenvalue weighted by Gasteiger charge is -2.22. The van der Waals surface area contributed by atoms with Gasteiger partial charge in [0.25, 0.3) is 12.3 Å². The number of benzene rings is 1. The van der Waals surface area contributed by atoms with Gasteiger partial charge in [-0.05, 0) is 24.6 Å². The van der Waals surface area contributed by atoms with Gasteiger partial charge in [0, 0.05) is 23.0 Å². The average molecular weight is 296 g/mol. The Bertz CT molecular complexity index is 427. The molecule has 0 heterocycles. The van der Waals surface area contributed by atoms with Crippen LogP contribution in [0.2, 0.25) is 5.02 Å². The van der Waals surface area contributed by atoms with Crippen LogP contribution in [-0.2, 0) is 0 Å². The van der Waals surface area contributed by atoms with Crippen molar-refractivity contribution in [1.82, 2.24) is 4.90 Å². The predicted molar refractivity (Wildman–Crippen MR) is 68.8 cm³/mol. The number of rotatable bonds is 5. The molecule has 2 nitrogen and oxygen atoms in total. The molecule has 1 aromatic carbocycles. The summed E-state index contributed by atoms with van der Waals surface area (Å²) in [5.74, 6) is -0.367. The average Bonchev–Trinajstić information content (AvgIpc) is 2.30. The molecule has 0 radical (unpaired) electrons. The van der Waals surface area contributed by atoms with Gasteiger partial charge >= 0.3 is 0 Å². The standard InChI is InChI=1S/C12H13Cl2F2NO/c1-8-2-3-9(14)6-10(8)12(18)17(5-4-13)7-11(15)16/h2-3,6,11H,4-5,7H2,1H3. The maximum absolute atomic E-state index is 12.4. The molecule has 0 aliphatic heterocycles. The molecule has 0 aromatic heterocycles. The van der Waals surface area contributed by atoms with Gasteiger partial charge < -0.3 is 4.90 Å². The van der Waals surface area contributed by atoms with Crippen molar-refractivity contribution in [1.29, 1.82) is 0 Å². The zero-order chi connectivity index (χ0) is 13.7. The van der Waals surface area contributed by atoms with Gasteiger partial charge in [0.2, 0.25) is 0 Å². The van der Waals surface area contributed by atoms with Gasteiger partial charge in [-0.25, -0.2) is 8.78 Å². The number of hydrogen-bond acceptors (Lipinski definition) is 1. The van der Waals surface area contributed by atoms with Crippen LogP contribution in [0.15, 0.2) is 18.2 Å². The van der Waals surface area contributed by atoms with Gasteiger partial charge in [-0.2, -0.15) is 0 Å². The van der Waals surface area contributed by atoms with Crippen molar-refractivity contribution in [3.8, 4) is 0 Å². The molecule has 0 bridgehead atoms. The monoisotopic (exact) mass is 295 g/mol. The van der Waals surface area contributed by atoms with E-state index in [0.717, 1.165) is 4.90 Å². The maximum Gasteiger partial charge on any atom is 0.255 e. The van der Waals surface area contributed by atoms with Crippen molar-refractivity contribution in [2.75, 3.05) is 19.0 Å². The maximum atomic E-state index is 12.4. The summed E-state index contributed by atoms with van der Waals surface area (Å²) in [6, 6.07) is 4.80. The minimum absolute atomic E-state index is 0.0800. The molecule has 0 saturated carbocycles. The Morgan fingerprint density at radius 2 is 2.11 bits per heavy atom. The molecule has 0 unspecified atom stereocenters. The van der Waals surface area contributed by atoms with Crippen LogP contribution in [0.4, 0.5) is 8.78 Å². The van der Waals surface area contributed by atoms with Crippen LogP contribution >= 0.6 is 23.2 Å². The third-order valence-electron chi connectivity index (χ3n) is 2.43. The van der Waals surface area contributed by atoms with E-state index in [-0.39, 0.29) is 12.4 Å². The molecule has 0 N–H and O–H groups in total. The molecule has 0 atom stereocenters. The smallest absolute Gasteiger partial charge is 0.255 e. The van der Waals surface area contributed by atoms with Crippen molar-refractivity contribution in [3.05, 3.63) is 34.3 Å². The van der Waals surface area contributed by atoms with Gasteiger partial charge in [-0.3, -0.25) is 4.79 Å². The minimum atomic E-state index is -2.59. The summed E-state index contributed by atoms with van der Waals surface area (Å²) in [7, 11) is 0. The topological polar surface area (TPSA) is 20.3 Å². The highest BCUT2D eigenvalue weighted by molar-refractivity contribution is 6.31. The van der Waals surface area contributed by atoms with Crippen LogP contribution < -0.4 is 0 Å². The first kappa shape index (κ1) is 15.2. The summed E-state index contributed by atoms with van der Waals surface area (Å²) < 4.78 is 24.8. The Kier molecular flexibility index (Phi) is 5.82. The van der Waals surface area contributed by atoms with Crippen molar-refractivity contribution >= 4 is 29.1 Å². The Morgan fingerprint density at radius 1 is 1.44 bits per heavy atom. The largest absolute Gasteiger partial charge is 0.332 e. The molecular formula is C12H13Cl2F2NO. The number of amides is 1. The Hall–Kier alpha value is -0.870. The lowest BCUT2D eigenvalue weighted by Crippen LogP contribution is -2.37. The summed E-state index contributed by atoms with van der Waals surface area (Å²) in [6.07, 6.45) is -2.59. The fourth-order valence-corrected chi connectivity index (χ4v) is 1.92. The molecule has 0 spiro atoms. The number of hydrogen-bond donors (Lipinski definition) is 0. The van der Waals surface area contributed by atoms with Gasteiger partial charge in [0.1, 0.15) is 0 Å². The first-order chi connectivity index (χ1) is 8.45. The second kappa shape index (κ2) is 6.90. The van der Waals surface area contributed by atoms with Gasteiger partial charge in [-0.1, -0.05) is 17.7 Å². The van der Waals surface area contributed by atoms with E-state index in [1.54, 1.807) is 19.1 Å². The molecule has 6 heteroatoms. The van der Waals surface area contributed by atoms with E-state index in [0.29, 0.717) is 16.1 Å². The third-order valence-corrected chi connectivity index (χ3v) is 2.83. The van der Waals surface area contributed by atoms with Gasteiger partial charge in [0.05, 0.1) is 6.54 Å². The van der Waals surface area contributed by atoms with E-state index in [4.69, 9.17) is 23.2 Å². The first-order valence-corrected chi connectivity index (χ1v) is 6.26. The van der Waals surface area contributed by atoms with Gasteiger partial charge in [0.15, 0.2) is 0 Å². The number of halogens is 4. The highest BCUT2D eigenvalue weighted by Gasteiger charge is 2.20. The van der Waals surface area contributed by atoms with Crippen molar-refractivity contribution in [2.45, 2.75) is 13.3 Å². The number of aryl methyl sites for hydroxylation is 1. The number of carbonyl (C=O) groups is 1. The van der Waals surface area contributed by atoms with E-state index < -0.39 is 18.9 Å². The first-order valence-electron chi connectivity index (χ1n) is 5.35. The van der Waals surface area contributed by atoms with E-state index in [9.17, 15) is 13.6 Å². The minimum Gasteiger partial charge on any atom is -0.332 e. The molecule has 0 aliphatic rings. The normalized spacial score (nSPS) is 10.8. The molecule has 0 fully saturated rings. The van der Waals surface area contributed by atoms with Crippen LogP contribution in [0.5, 0.6) is 0 Å². The van der Waals surface area contributed by atoms with E-state index >= 15 is 0 Å². The lowest BCUT2D eigenvalue weighted by molar-refractivity contribution is 0.0570. The Balaban J connectivity index is 2.97. The second-order valence-electron chi connectivity index (χ2n) is 3.79. The summed E-state index contributed by atoms with van der Waals surface area (Å²) in [5.41, 5.74) is 1.02. The zero-order valence-corrected chi connectivity index (χ0v) is 11.3. The Labute approximate surface area is 114 Å². The van der Waals surface area contributed by atoms with Crippen LogP contribution in [0, 0.1) is 6.92 Å². The van der Waals surface area contributed by atoms with E-state index in [1.807, 2.05) is 0 Å². The third kappa shape index (κ3) is 4.10. The van der Waals surface area contributed by atoms with Crippen LogP contribution in [-0.4, -0.2) is 36.2 Å². The van der Waals surface area contributed by atoms with E-state index in [1.165, 1.54) is 6.07 Å². The van der Waals surface area contributed by atoms with Crippen LogP contribution in [0.25, 0.3) is 0 Å². The highest BCUT2D eigenvalue weighted by Crippen LogP contribution is 2.18. The highest BCUT2D eigenvalue weighted by atomic mass is 35.5. The van der Waals surface area contributed by atoms with Crippen LogP contribution in [0.3, 0.4) is 0 Å². The predicted octanol–water partition coefficient (Wildman–Crippen LogP) is 3.59. The number of carbonyl (C=O) groups excluding carboxylic acids is 1. The molecule has 0 saturated heterocycles. The lowest BCUT2D eigenvalue weighted by atomic mass is 10.1. The summed E-state index contributed by atoms with van der Waals surface area (Å²) >= 11 is 11.3. The number of nitrogens with zero attached hydrogens (tertiary/aromatic N) is 1. The second-order valence-corrected chi connectivity index (χ2v) is 4.60.